The molecule has 140 valence electrons. The number of fused-ring (bicyclic) bond motifs is 1. The third-order valence-corrected chi connectivity index (χ3v) is 4.56. The Bertz CT molecular complexity index is 951. The Morgan fingerprint density at radius 1 is 1.00 bits per heavy atom. The van der Waals surface area contributed by atoms with Crippen LogP contribution < -0.4 is 9.47 Å². The zero-order chi connectivity index (χ0) is 19.4. The second-order valence-corrected chi connectivity index (χ2v) is 6.82. The van der Waals surface area contributed by atoms with Crippen molar-refractivity contribution in [2.75, 3.05) is 14.2 Å². The largest absolute Gasteiger partial charge is 0.497 e. The Hall–Kier alpha value is -3.01. The van der Waals surface area contributed by atoms with E-state index in [1.165, 1.54) is 0 Å². The Balaban J connectivity index is 1.67. The average Bonchev–Trinajstić information content (AvgIpc) is 2.66. The third-order valence-electron chi connectivity index (χ3n) is 4.56. The van der Waals surface area contributed by atoms with E-state index in [-0.39, 0.29) is 5.91 Å². The van der Waals surface area contributed by atoms with Crippen LogP contribution in [0, 0.1) is 6.92 Å². The summed E-state index contributed by atoms with van der Waals surface area (Å²) in [6.07, 6.45) is -0.540. The number of likely N-dealkylation sites (N-methyl/N-ethyl adjacent to an activating group) is 1. The summed E-state index contributed by atoms with van der Waals surface area (Å²) in [7, 11) is 3.47. The monoisotopic (exact) mass is 363 g/mol. The lowest BCUT2D eigenvalue weighted by Gasteiger charge is -2.22. The lowest BCUT2D eigenvalue weighted by atomic mass is 10.1. The lowest BCUT2D eigenvalue weighted by Crippen LogP contribution is -2.37. The normalized spacial score (nSPS) is 11.9. The average molecular weight is 363 g/mol. The van der Waals surface area contributed by atoms with Gasteiger partial charge in [-0.15, -0.1) is 0 Å². The second kappa shape index (κ2) is 8.12. The topological polar surface area (TPSA) is 38.8 Å². The summed E-state index contributed by atoms with van der Waals surface area (Å²) in [5.41, 5.74) is 2.18. The van der Waals surface area contributed by atoms with E-state index in [1.54, 1.807) is 26.0 Å². The first-order valence-electron chi connectivity index (χ1n) is 9.01. The molecule has 0 spiro atoms. The number of nitrogens with zero attached hydrogens (tertiary/aromatic N) is 1. The number of carbonyl (C=O) groups is 1. The molecule has 0 aromatic heterocycles. The van der Waals surface area contributed by atoms with Crippen LogP contribution in [0.25, 0.3) is 10.8 Å². The van der Waals surface area contributed by atoms with Crippen LogP contribution in [0.1, 0.15) is 18.1 Å². The van der Waals surface area contributed by atoms with E-state index >= 15 is 0 Å². The number of hydrogen-bond acceptors (Lipinski definition) is 3. The molecule has 0 saturated heterocycles. The summed E-state index contributed by atoms with van der Waals surface area (Å²) >= 11 is 0. The van der Waals surface area contributed by atoms with Crippen LogP contribution in [-0.2, 0) is 11.3 Å². The van der Waals surface area contributed by atoms with Gasteiger partial charge in [-0.25, -0.2) is 0 Å². The molecule has 0 aliphatic rings. The van der Waals surface area contributed by atoms with Gasteiger partial charge in [0.05, 0.1) is 7.11 Å². The quantitative estimate of drug-likeness (QED) is 0.643. The molecule has 0 radical (unpaired) electrons. The molecule has 0 fully saturated rings. The molecule has 0 aliphatic carbocycles. The van der Waals surface area contributed by atoms with Gasteiger partial charge in [0.1, 0.15) is 11.5 Å². The highest BCUT2D eigenvalue weighted by atomic mass is 16.5. The molecule has 3 aromatic carbocycles. The van der Waals surface area contributed by atoms with Crippen LogP contribution in [0.2, 0.25) is 0 Å². The fraction of sp³-hybridized carbons (Fsp3) is 0.261. The summed E-state index contributed by atoms with van der Waals surface area (Å²) < 4.78 is 11.1. The lowest BCUT2D eigenvalue weighted by molar-refractivity contribution is -0.137. The molecule has 3 rings (SSSR count). The third kappa shape index (κ3) is 4.59. The smallest absolute Gasteiger partial charge is 0.263 e. The highest BCUT2D eigenvalue weighted by molar-refractivity contribution is 5.85. The SMILES string of the molecule is COc1ccc2cc(CN(C)C(=O)[C@@H](C)Oc3cccc(C)c3)ccc2c1. The van der Waals surface area contributed by atoms with E-state index < -0.39 is 6.10 Å². The van der Waals surface area contributed by atoms with E-state index in [1.807, 2.05) is 55.5 Å². The van der Waals surface area contributed by atoms with Gasteiger partial charge in [0.2, 0.25) is 0 Å². The van der Waals surface area contributed by atoms with Crippen molar-refractivity contribution in [2.24, 2.45) is 0 Å². The van der Waals surface area contributed by atoms with E-state index in [9.17, 15) is 4.79 Å². The Kier molecular flexibility index (Phi) is 5.65. The zero-order valence-corrected chi connectivity index (χ0v) is 16.2. The molecule has 27 heavy (non-hydrogen) atoms. The molecule has 4 nitrogen and oxygen atoms in total. The molecule has 1 atom stereocenters. The minimum atomic E-state index is -0.540. The maximum Gasteiger partial charge on any atom is 0.263 e. The summed E-state index contributed by atoms with van der Waals surface area (Å²) in [5.74, 6) is 1.50. The first-order valence-corrected chi connectivity index (χ1v) is 9.01. The second-order valence-electron chi connectivity index (χ2n) is 6.82. The summed E-state index contributed by atoms with van der Waals surface area (Å²) in [5, 5.41) is 2.24. The van der Waals surface area contributed by atoms with Gasteiger partial charge in [0.25, 0.3) is 5.91 Å². The van der Waals surface area contributed by atoms with Crippen molar-refractivity contribution in [2.45, 2.75) is 26.5 Å². The van der Waals surface area contributed by atoms with Crippen molar-refractivity contribution in [3.63, 3.8) is 0 Å². The molecule has 0 heterocycles. The van der Waals surface area contributed by atoms with Crippen LogP contribution in [0.15, 0.2) is 60.7 Å². The van der Waals surface area contributed by atoms with Gasteiger partial charge in [-0.2, -0.15) is 0 Å². The number of carbonyl (C=O) groups excluding carboxylic acids is 1. The molecule has 0 unspecified atom stereocenters. The number of ether oxygens (including phenoxy) is 2. The number of benzene rings is 3. The van der Waals surface area contributed by atoms with Gasteiger partial charge in [-0.05, 0) is 66.1 Å². The van der Waals surface area contributed by atoms with Gasteiger partial charge >= 0.3 is 0 Å². The minimum absolute atomic E-state index is 0.0497. The van der Waals surface area contributed by atoms with Gasteiger partial charge in [-0.3, -0.25) is 4.79 Å². The number of amides is 1. The van der Waals surface area contributed by atoms with Crippen LogP contribution in [0.5, 0.6) is 11.5 Å². The van der Waals surface area contributed by atoms with Crippen molar-refractivity contribution < 1.29 is 14.3 Å². The van der Waals surface area contributed by atoms with Gasteiger partial charge in [-0.1, -0.05) is 30.3 Å². The Morgan fingerprint density at radius 3 is 2.48 bits per heavy atom. The first-order chi connectivity index (χ1) is 13.0. The van der Waals surface area contributed by atoms with Crippen molar-refractivity contribution in [1.82, 2.24) is 4.90 Å². The maximum absolute atomic E-state index is 12.7. The van der Waals surface area contributed by atoms with Crippen LogP contribution in [0.4, 0.5) is 0 Å². The predicted molar refractivity (Wildman–Crippen MR) is 108 cm³/mol. The number of hydrogen-bond donors (Lipinski definition) is 0. The van der Waals surface area contributed by atoms with Crippen molar-refractivity contribution in [1.29, 1.82) is 0 Å². The van der Waals surface area contributed by atoms with Gasteiger partial charge in [0, 0.05) is 13.6 Å². The van der Waals surface area contributed by atoms with Crippen LogP contribution in [-0.4, -0.2) is 31.1 Å². The molecule has 1 amide bonds. The van der Waals surface area contributed by atoms with E-state index in [2.05, 4.69) is 12.1 Å². The van der Waals surface area contributed by atoms with Gasteiger partial charge < -0.3 is 14.4 Å². The predicted octanol–water partition coefficient (Wildman–Crippen LogP) is 4.58. The summed E-state index contributed by atoms with van der Waals surface area (Å²) in [6.45, 7) is 4.32. The van der Waals surface area contributed by atoms with Crippen LogP contribution in [0.3, 0.4) is 0 Å². The first kappa shape index (κ1) is 18.8. The molecule has 0 bridgehead atoms. The number of aryl methyl sites for hydroxylation is 1. The fourth-order valence-corrected chi connectivity index (χ4v) is 3.10. The van der Waals surface area contributed by atoms with E-state index in [0.29, 0.717) is 12.3 Å². The van der Waals surface area contributed by atoms with Gasteiger partial charge in [0.15, 0.2) is 6.10 Å². The molecule has 0 N–H and O–H groups in total. The molecule has 0 aliphatic heterocycles. The Morgan fingerprint density at radius 2 is 1.74 bits per heavy atom. The highest BCUT2D eigenvalue weighted by Gasteiger charge is 2.19. The van der Waals surface area contributed by atoms with Crippen molar-refractivity contribution in [3.8, 4) is 11.5 Å². The van der Waals surface area contributed by atoms with Crippen molar-refractivity contribution in [3.05, 3.63) is 71.8 Å². The fourth-order valence-electron chi connectivity index (χ4n) is 3.10. The van der Waals surface area contributed by atoms with E-state index in [0.717, 1.165) is 27.6 Å². The highest BCUT2D eigenvalue weighted by Crippen LogP contribution is 2.22. The molecule has 0 saturated carbocycles. The van der Waals surface area contributed by atoms with Crippen molar-refractivity contribution >= 4 is 16.7 Å². The summed E-state index contributed by atoms with van der Waals surface area (Å²) in [4.78, 5) is 14.4. The zero-order valence-electron chi connectivity index (χ0n) is 16.2. The molecular formula is C23H25NO3. The van der Waals surface area contributed by atoms with E-state index in [4.69, 9.17) is 9.47 Å². The molecule has 4 heteroatoms. The van der Waals surface area contributed by atoms with Crippen LogP contribution >= 0.6 is 0 Å². The molecule has 3 aromatic rings. The minimum Gasteiger partial charge on any atom is -0.497 e. The molecular weight excluding hydrogens is 338 g/mol. The standard InChI is InChI=1S/C23H25NO3/c1-16-6-5-7-22(12-16)27-17(2)23(25)24(3)15-18-8-9-20-14-21(26-4)11-10-19(20)13-18/h5-14,17H,15H2,1-4H3/t17-/m1/s1. The maximum atomic E-state index is 12.7. The number of methoxy groups -OCH3 is 1. The Labute approximate surface area is 160 Å². The summed E-state index contributed by atoms with van der Waals surface area (Å²) in [6, 6.07) is 19.9. The number of rotatable bonds is 6.